The minimum absolute atomic E-state index is 0.0403. The van der Waals surface area contributed by atoms with Crippen LogP contribution in [0.1, 0.15) is 24.5 Å². The van der Waals surface area contributed by atoms with Crippen LogP contribution in [0.4, 0.5) is 0 Å². The molecule has 3 aromatic rings. The largest absolute Gasteiger partial charge is 0.497 e. The van der Waals surface area contributed by atoms with Crippen LogP contribution >= 0.6 is 0 Å². The van der Waals surface area contributed by atoms with E-state index in [1.165, 1.54) is 11.1 Å². The zero-order valence-corrected chi connectivity index (χ0v) is 17.2. The molecule has 2 heterocycles. The van der Waals surface area contributed by atoms with Crippen molar-refractivity contribution in [3.05, 3.63) is 59.7 Å². The van der Waals surface area contributed by atoms with Gasteiger partial charge in [-0.3, -0.25) is 9.69 Å². The number of amides is 1. The number of carbonyl (C=O) groups is 1. The highest BCUT2D eigenvalue weighted by molar-refractivity contribution is 5.84. The molecule has 1 N–H and O–H groups in total. The van der Waals surface area contributed by atoms with Crippen molar-refractivity contribution >= 4 is 16.8 Å². The van der Waals surface area contributed by atoms with Crippen molar-refractivity contribution in [2.45, 2.75) is 32.9 Å². The van der Waals surface area contributed by atoms with Gasteiger partial charge < -0.3 is 10.1 Å². The summed E-state index contributed by atoms with van der Waals surface area (Å²) in [6.45, 7) is 6.33. The number of methoxy groups -OCH3 is 1. The van der Waals surface area contributed by atoms with Crippen molar-refractivity contribution in [3.63, 3.8) is 0 Å². The van der Waals surface area contributed by atoms with Crippen LogP contribution < -0.4 is 10.1 Å². The molecule has 0 spiro atoms. The van der Waals surface area contributed by atoms with E-state index in [-0.39, 0.29) is 11.9 Å². The maximum atomic E-state index is 11.4. The molecule has 2 aromatic carbocycles. The highest BCUT2D eigenvalue weighted by Gasteiger charge is 2.24. The summed E-state index contributed by atoms with van der Waals surface area (Å²) in [5.41, 5.74) is 5.51. The first-order chi connectivity index (χ1) is 14.0. The maximum absolute atomic E-state index is 11.4. The Hall–Kier alpha value is -2.92. The first-order valence-electron chi connectivity index (χ1n) is 10.1. The molecule has 1 amide bonds. The number of fused-ring (bicyclic) bond motifs is 1. The molecule has 1 aliphatic rings. The molecule has 0 unspecified atom stereocenters. The summed E-state index contributed by atoms with van der Waals surface area (Å²) in [7, 11) is 1.68. The van der Waals surface area contributed by atoms with Gasteiger partial charge in [-0.1, -0.05) is 12.1 Å². The van der Waals surface area contributed by atoms with Crippen molar-refractivity contribution < 1.29 is 9.53 Å². The van der Waals surface area contributed by atoms with Gasteiger partial charge in [0.2, 0.25) is 5.91 Å². The number of aromatic nitrogens is 1. The van der Waals surface area contributed by atoms with Gasteiger partial charge in [-0.15, -0.1) is 0 Å². The van der Waals surface area contributed by atoms with Crippen molar-refractivity contribution in [2.24, 2.45) is 0 Å². The molecule has 0 saturated carbocycles. The first kappa shape index (κ1) is 19.4. The predicted octanol–water partition coefficient (Wildman–Crippen LogP) is 3.93. The van der Waals surface area contributed by atoms with Crippen LogP contribution in [0.25, 0.3) is 22.2 Å². The average Bonchev–Trinajstić information content (AvgIpc) is 3.14. The lowest BCUT2D eigenvalue weighted by Crippen LogP contribution is -2.35. The molecule has 0 radical (unpaired) electrons. The number of aryl methyl sites for hydroxylation is 1. The van der Waals surface area contributed by atoms with Crippen LogP contribution in [-0.4, -0.2) is 42.0 Å². The first-order valence-corrected chi connectivity index (χ1v) is 10.1. The lowest BCUT2D eigenvalue weighted by atomic mass is 10.0. The number of hydrogen-bond donors (Lipinski definition) is 1. The fourth-order valence-corrected chi connectivity index (χ4v) is 4.06. The SMILES string of the molecule is COc1ccc(-c2nc3cc(C)ccc3cc2CN2CC[C@@H](NC(C)=O)C2)cc1. The van der Waals surface area contributed by atoms with Gasteiger partial charge in [-0.25, -0.2) is 4.98 Å². The molecule has 150 valence electrons. The highest BCUT2D eigenvalue weighted by atomic mass is 16.5. The Morgan fingerprint density at radius 2 is 2.00 bits per heavy atom. The normalized spacial score (nSPS) is 16.9. The Morgan fingerprint density at radius 3 is 2.72 bits per heavy atom. The van der Waals surface area contributed by atoms with E-state index in [2.05, 4.69) is 53.5 Å². The summed E-state index contributed by atoms with van der Waals surface area (Å²) in [4.78, 5) is 18.8. The quantitative estimate of drug-likeness (QED) is 0.718. The molecule has 1 fully saturated rings. The van der Waals surface area contributed by atoms with E-state index in [1.54, 1.807) is 14.0 Å². The summed E-state index contributed by atoms with van der Waals surface area (Å²) in [6, 6.07) is 17.0. The van der Waals surface area contributed by atoms with Crippen molar-refractivity contribution in [1.82, 2.24) is 15.2 Å². The monoisotopic (exact) mass is 389 g/mol. The molecule has 0 bridgehead atoms. The third kappa shape index (κ3) is 4.40. The molecule has 1 aliphatic heterocycles. The molecular formula is C24H27N3O2. The zero-order valence-electron chi connectivity index (χ0n) is 17.2. The van der Waals surface area contributed by atoms with Crippen molar-refractivity contribution in [1.29, 1.82) is 0 Å². The molecule has 1 aromatic heterocycles. The Bertz CT molecular complexity index is 1030. The van der Waals surface area contributed by atoms with Gasteiger partial charge in [0.15, 0.2) is 0 Å². The van der Waals surface area contributed by atoms with E-state index in [0.29, 0.717) is 0 Å². The second-order valence-corrected chi connectivity index (χ2v) is 7.84. The Labute approximate surface area is 171 Å². The number of nitrogens with one attached hydrogen (secondary N) is 1. The molecular weight excluding hydrogens is 362 g/mol. The van der Waals surface area contributed by atoms with E-state index < -0.39 is 0 Å². The summed E-state index contributed by atoms with van der Waals surface area (Å²) in [6.07, 6.45) is 0.984. The number of benzene rings is 2. The Balaban J connectivity index is 1.69. The number of hydrogen-bond acceptors (Lipinski definition) is 4. The summed E-state index contributed by atoms with van der Waals surface area (Å²) >= 11 is 0. The average molecular weight is 389 g/mol. The zero-order chi connectivity index (χ0) is 20.4. The minimum Gasteiger partial charge on any atom is -0.497 e. The fraction of sp³-hybridized carbons (Fsp3) is 0.333. The summed E-state index contributed by atoms with van der Waals surface area (Å²) in [5, 5.41) is 4.20. The van der Waals surface area contributed by atoms with Crippen molar-refractivity contribution in [2.75, 3.05) is 20.2 Å². The van der Waals surface area contributed by atoms with Gasteiger partial charge in [-0.2, -0.15) is 0 Å². The molecule has 5 nitrogen and oxygen atoms in total. The third-order valence-corrected chi connectivity index (χ3v) is 5.49. The standard InChI is InChI=1S/C24H27N3O2/c1-16-4-5-19-13-20(14-27-11-10-21(15-27)25-17(2)28)24(26-23(19)12-16)18-6-8-22(29-3)9-7-18/h4-9,12-13,21H,10-11,14-15H2,1-3H3,(H,25,28)/t21-/m1/s1. The highest BCUT2D eigenvalue weighted by Crippen LogP contribution is 2.29. The van der Waals surface area contributed by atoms with E-state index in [0.717, 1.165) is 54.0 Å². The van der Waals surface area contributed by atoms with E-state index in [9.17, 15) is 4.79 Å². The second-order valence-electron chi connectivity index (χ2n) is 7.84. The van der Waals surface area contributed by atoms with Gasteiger partial charge >= 0.3 is 0 Å². The number of ether oxygens (including phenoxy) is 1. The van der Waals surface area contributed by atoms with Crippen LogP contribution in [0.5, 0.6) is 5.75 Å². The molecule has 4 rings (SSSR count). The van der Waals surface area contributed by atoms with E-state index in [4.69, 9.17) is 9.72 Å². The van der Waals surface area contributed by atoms with Gasteiger partial charge in [0.1, 0.15) is 5.75 Å². The predicted molar refractivity (Wildman–Crippen MR) is 116 cm³/mol. The summed E-state index contributed by atoms with van der Waals surface area (Å²) < 4.78 is 5.31. The fourth-order valence-electron chi connectivity index (χ4n) is 4.06. The second kappa shape index (κ2) is 8.21. The molecule has 5 heteroatoms. The molecule has 29 heavy (non-hydrogen) atoms. The van der Waals surface area contributed by atoms with Gasteiger partial charge in [0.25, 0.3) is 0 Å². The van der Waals surface area contributed by atoms with Crippen LogP contribution in [0, 0.1) is 6.92 Å². The van der Waals surface area contributed by atoms with Gasteiger partial charge in [-0.05, 0) is 60.9 Å². The van der Waals surface area contributed by atoms with Crippen LogP contribution in [0.2, 0.25) is 0 Å². The minimum atomic E-state index is 0.0403. The topological polar surface area (TPSA) is 54.5 Å². The Morgan fingerprint density at radius 1 is 1.21 bits per heavy atom. The molecule has 0 aliphatic carbocycles. The van der Waals surface area contributed by atoms with Crippen LogP contribution in [-0.2, 0) is 11.3 Å². The third-order valence-electron chi connectivity index (χ3n) is 5.49. The maximum Gasteiger partial charge on any atom is 0.217 e. The number of likely N-dealkylation sites (tertiary alicyclic amines) is 1. The molecule has 1 atom stereocenters. The van der Waals surface area contributed by atoms with E-state index in [1.807, 2.05) is 12.1 Å². The lowest BCUT2D eigenvalue weighted by Gasteiger charge is -2.19. The lowest BCUT2D eigenvalue weighted by molar-refractivity contribution is -0.119. The van der Waals surface area contributed by atoms with Crippen molar-refractivity contribution in [3.8, 4) is 17.0 Å². The van der Waals surface area contributed by atoms with Gasteiger partial charge in [0.05, 0.1) is 18.3 Å². The smallest absolute Gasteiger partial charge is 0.217 e. The number of rotatable bonds is 5. The van der Waals surface area contributed by atoms with E-state index >= 15 is 0 Å². The Kier molecular flexibility index (Phi) is 5.49. The number of pyridine rings is 1. The summed E-state index contributed by atoms with van der Waals surface area (Å²) in [5.74, 6) is 0.878. The van der Waals surface area contributed by atoms with Crippen LogP contribution in [0.3, 0.4) is 0 Å². The van der Waals surface area contributed by atoms with Crippen LogP contribution in [0.15, 0.2) is 48.5 Å². The number of nitrogens with zero attached hydrogens (tertiary/aromatic N) is 2. The number of carbonyl (C=O) groups excluding carboxylic acids is 1. The van der Waals surface area contributed by atoms with Gasteiger partial charge in [0, 0.05) is 43.5 Å². The molecule has 1 saturated heterocycles.